The van der Waals surface area contributed by atoms with Crippen molar-refractivity contribution in [2.24, 2.45) is 5.92 Å². The fourth-order valence-corrected chi connectivity index (χ4v) is 6.95. The quantitative estimate of drug-likeness (QED) is 0.0351. The van der Waals surface area contributed by atoms with Crippen LogP contribution < -0.4 is 0 Å². The number of hydrogen-bond acceptors (Lipinski definition) is 6. The molecule has 0 amide bonds. The van der Waals surface area contributed by atoms with E-state index < -0.39 is 6.10 Å². The molecule has 0 rings (SSSR count). The summed E-state index contributed by atoms with van der Waals surface area (Å²) in [5, 5.41) is 0. The molecule has 0 heterocycles. The molecule has 0 N–H and O–H groups in total. The Morgan fingerprint density at radius 3 is 0.981 bits per heavy atom. The van der Waals surface area contributed by atoms with Crippen molar-refractivity contribution in [3.05, 3.63) is 0 Å². The first-order valence-electron chi connectivity index (χ1n) is 23.4. The molecule has 2 atom stereocenters. The summed E-state index contributed by atoms with van der Waals surface area (Å²) < 4.78 is 16.7. The summed E-state index contributed by atoms with van der Waals surface area (Å²) in [6.45, 7) is 8.97. The lowest BCUT2D eigenvalue weighted by Gasteiger charge is -2.18. The molecule has 0 saturated heterocycles. The van der Waals surface area contributed by atoms with Crippen LogP contribution in [0.5, 0.6) is 0 Å². The Labute approximate surface area is 329 Å². The van der Waals surface area contributed by atoms with E-state index in [2.05, 4.69) is 27.7 Å². The second kappa shape index (κ2) is 41.6. The lowest BCUT2D eigenvalue weighted by Crippen LogP contribution is -2.30. The predicted molar refractivity (Wildman–Crippen MR) is 224 cm³/mol. The van der Waals surface area contributed by atoms with Crippen molar-refractivity contribution in [3.8, 4) is 0 Å². The maximum Gasteiger partial charge on any atom is 0.306 e. The lowest BCUT2D eigenvalue weighted by molar-refractivity contribution is -0.167. The molecule has 0 aromatic heterocycles. The third kappa shape index (κ3) is 39.9. The normalized spacial score (nSPS) is 12.5. The van der Waals surface area contributed by atoms with Gasteiger partial charge in [-0.25, -0.2) is 0 Å². The van der Waals surface area contributed by atoms with E-state index in [0.29, 0.717) is 19.3 Å². The minimum Gasteiger partial charge on any atom is -0.462 e. The molecule has 0 aliphatic carbocycles. The third-order valence-electron chi connectivity index (χ3n) is 10.9. The van der Waals surface area contributed by atoms with E-state index in [1.165, 1.54) is 154 Å². The minimum absolute atomic E-state index is 0.0641. The molecule has 0 aliphatic rings. The van der Waals surface area contributed by atoms with Gasteiger partial charge in [0.05, 0.1) is 0 Å². The number of esters is 3. The van der Waals surface area contributed by atoms with Crippen molar-refractivity contribution in [2.45, 2.75) is 265 Å². The molecule has 314 valence electrons. The number of unbranched alkanes of at least 4 members (excludes halogenated alkanes) is 28. The van der Waals surface area contributed by atoms with Gasteiger partial charge in [-0.15, -0.1) is 0 Å². The fourth-order valence-electron chi connectivity index (χ4n) is 6.95. The number of carbonyl (C=O) groups excluding carboxylic acids is 3. The minimum atomic E-state index is -0.759. The van der Waals surface area contributed by atoms with Crippen molar-refractivity contribution < 1.29 is 28.6 Å². The van der Waals surface area contributed by atoms with Gasteiger partial charge in [0, 0.05) is 19.3 Å². The van der Waals surface area contributed by atoms with Crippen LogP contribution in [0.3, 0.4) is 0 Å². The molecule has 0 aromatic carbocycles. The average Bonchev–Trinajstić information content (AvgIpc) is 3.15. The zero-order chi connectivity index (χ0) is 38.9. The zero-order valence-corrected chi connectivity index (χ0v) is 36.0. The molecule has 1 unspecified atom stereocenters. The van der Waals surface area contributed by atoms with E-state index in [1.54, 1.807) is 0 Å². The predicted octanol–water partition coefficient (Wildman–Crippen LogP) is 14.7. The van der Waals surface area contributed by atoms with Gasteiger partial charge in [-0.3, -0.25) is 14.4 Å². The number of ether oxygens (including phenoxy) is 3. The van der Waals surface area contributed by atoms with Crippen LogP contribution in [0.4, 0.5) is 0 Å². The van der Waals surface area contributed by atoms with Crippen LogP contribution in [0.1, 0.15) is 259 Å². The molecule has 0 aliphatic heterocycles. The van der Waals surface area contributed by atoms with Crippen molar-refractivity contribution in [1.29, 1.82) is 0 Å². The smallest absolute Gasteiger partial charge is 0.306 e. The second-order valence-corrected chi connectivity index (χ2v) is 16.3. The first-order valence-corrected chi connectivity index (χ1v) is 23.4. The molecule has 0 fully saturated rings. The van der Waals surface area contributed by atoms with E-state index >= 15 is 0 Å². The summed E-state index contributed by atoms with van der Waals surface area (Å²) in [4.78, 5) is 37.7. The summed E-state index contributed by atoms with van der Waals surface area (Å²) in [5.41, 5.74) is 0. The van der Waals surface area contributed by atoms with Crippen LogP contribution in [0.25, 0.3) is 0 Å². The molecule has 0 aromatic rings. The van der Waals surface area contributed by atoms with Crippen LogP contribution in [0.2, 0.25) is 0 Å². The Hall–Kier alpha value is -1.59. The Kier molecular flexibility index (Phi) is 40.3. The molecule has 0 bridgehead atoms. The summed E-state index contributed by atoms with van der Waals surface area (Å²) in [7, 11) is 0. The molecule has 6 heteroatoms. The van der Waals surface area contributed by atoms with Gasteiger partial charge in [0.25, 0.3) is 0 Å². The van der Waals surface area contributed by atoms with Crippen LogP contribution in [0, 0.1) is 5.92 Å². The zero-order valence-electron chi connectivity index (χ0n) is 36.0. The summed E-state index contributed by atoms with van der Waals surface area (Å²) in [5.74, 6) is -0.0408. The first-order chi connectivity index (χ1) is 25.9. The van der Waals surface area contributed by atoms with Crippen LogP contribution in [0.15, 0.2) is 0 Å². The summed E-state index contributed by atoms with van der Waals surface area (Å²) >= 11 is 0. The molecular formula is C47H90O6. The van der Waals surface area contributed by atoms with Crippen LogP contribution in [-0.2, 0) is 28.6 Å². The Morgan fingerprint density at radius 1 is 0.377 bits per heavy atom. The highest BCUT2D eigenvalue weighted by atomic mass is 16.6. The van der Waals surface area contributed by atoms with Gasteiger partial charge in [-0.2, -0.15) is 0 Å². The van der Waals surface area contributed by atoms with Gasteiger partial charge >= 0.3 is 17.9 Å². The second-order valence-electron chi connectivity index (χ2n) is 16.3. The molecular weight excluding hydrogens is 661 g/mol. The molecule has 6 nitrogen and oxygen atoms in total. The van der Waals surface area contributed by atoms with Crippen molar-refractivity contribution >= 4 is 17.9 Å². The summed E-state index contributed by atoms with van der Waals surface area (Å²) in [6.07, 6.45) is 40.8. The number of carbonyl (C=O) groups is 3. The highest BCUT2D eigenvalue weighted by molar-refractivity contribution is 5.71. The van der Waals surface area contributed by atoms with Crippen molar-refractivity contribution in [2.75, 3.05) is 13.2 Å². The van der Waals surface area contributed by atoms with Gasteiger partial charge in [-0.05, 0) is 25.2 Å². The van der Waals surface area contributed by atoms with E-state index in [-0.39, 0.29) is 31.1 Å². The van der Waals surface area contributed by atoms with Gasteiger partial charge in [0.1, 0.15) is 13.2 Å². The van der Waals surface area contributed by atoms with Gasteiger partial charge in [0.2, 0.25) is 0 Å². The van der Waals surface area contributed by atoms with Gasteiger partial charge in [0.15, 0.2) is 6.10 Å². The number of rotatable bonds is 42. The van der Waals surface area contributed by atoms with E-state index in [0.717, 1.165) is 63.7 Å². The molecule has 0 spiro atoms. The van der Waals surface area contributed by atoms with Crippen molar-refractivity contribution in [1.82, 2.24) is 0 Å². The third-order valence-corrected chi connectivity index (χ3v) is 10.9. The highest BCUT2D eigenvalue weighted by Gasteiger charge is 2.19. The molecule has 53 heavy (non-hydrogen) atoms. The van der Waals surface area contributed by atoms with Gasteiger partial charge < -0.3 is 14.2 Å². The first kappa shape index (κ1) is 51.4. The SMILES string of the molecule is CCCCCCCCCCCCCCCCC(=O)OC[C@@H](COC(=O)CCCCCCCCC(C)CC)OC(=O)CCCCCCCCCCCCC. The molecule has 0 saturated carbocycles. The average molecular weight is 751 g/mol. The topological polar surface area (TPSA) is 78.9 Å². The fraction of sp³-hybridized carbons (Fsp3) is 0.936. The van der Waals surface area contributed by atoms with E-state index in [4.69, 9.17) is 14.2 Å². The largest absolute Gasteiger partial charge is 0.462 e. The highest BCUT2D eigenvalue weighted by Crippen LogP contribution is 2.17. The summed E-state index contributed by atoms with van der Waals surface area (Å²) in [6, 6.07) is 0. The lowest BCUT2D eigenvalue weighted by atomic mass is 10.00. The van der Waals surface area contributed by atoms with Gasteiger partial charge in [-0.1, -0.05) is 220 Å². The number of hydrogen-bond donors (Lipinski definition) is 0. The van der Waals surface area contributed by atoms with Crippen LogP contribution in [-0.4, -0.2) is 37.2 Å². The van der Waals surface area contributed by atoms with Crippen molar-refractivity contribution in [3.63, 3.8) is 0 Å². The Balaban J connectivity index is 4.32. The Bertz CT molecular complexity index is 798. The maximum absolute atomic E-state index is 12.7. The van der Waals surface area contributed by atoms with E-state index in [9.17, 15) is 14.4 Å². The van der Waals surface area contributed by atoms with E-state index in [1.807, 2.05) is 0 Å². The standard InChI is InChI=1S/C47H90O6/c1-5-8-10-12-14-16-18-19-20-22-23-25-30-34-38-45(48)51-41-44(42-52-46(49)39-35-31-28-27-29-33-37-43(4)7-3)53-47(50)40-36-32-26-24-21-17-15-13-11-9-6-2/h43-44H,5-42H2,1-4H3/t43?,44-/m0/s1. The monoisotopic (exact) mass is 751 g/mol. The van der Waals surface area contributed by atoms with Crippen LogP contribution >= 0.6 is 0 Å². The Morgan fingerprint density at radius 2 is 0.660 bits per heavy atom. The maximum atomic E-state index is 12.7. The molecule has 0 radical (unpaired) electrons.